The fourth-order valence-electron chi connectivity index (χ4n) is 0.687. The molecular weight excluding hydrogens is 148 g/mol. The van der Waals surface area contributed by atoms with E-state index in [0.717, 1.165) is 10.6 Å². The lowest BCUT2D eigenvalue weighted by molar-refractivity contribution is -0.385. The first-order valence-corrected chi connectivity index (χ1v) is 2.92. The molecule has 5 heteroatoms. The van der Waals surface area contributed by atoms with Crippen LogP contribution >= 0.6 is 0 Å². The van der Waals surface area contributed by atoms with Gasteiger partial charge in [0.15, 0.2) is 0 Å². The maximum Gasteiger partial charge on any atom is 0.285 e. The molecule has 1 rings (SSSR count). The topological polar surface area (TPSA) is 65.1 Å². The first kappa shape index (κ1) is 7.46. The van der Waals surface area contributed by atoms with E-state index in [1.807, 2.05) is 0 Å². The molecule has 0 aromatic carbocycles. The molecule has 0 atom stereocenters. The van der Waals surface area contributed by atoms with Gasteiger partial charge in [0.2, 0.25) is 0 Å². The van der Waals surface area contributed by atoms with Gasteiger partial charge >= 0.3 is 0 Å². The highest BCUT2D eigenvalue weighted by Gasteiger charge is 2.04. The molecule has 11 heavy (non-hydrogen) atoms. The third-order valence-electron chi connectivity index (χ3n) is 1.28. The molecule has 58 valence electrons. The van der Waals surface area contributed by atoms with Crippen molar-refractivity contribution in [2.75, 3.05) is 0 Å². The largest absolute Gasteiger partial charge is 0.312 e. The summed E-state index contributed by atoms with van der Waals surface area (Å²) in [4.78, 5) is 20.3. The Kier molecular flexibility index (Phi) is 1.72. The Bertz CT molecular complexity index is 342. The maximum absolute atomic E-state index is 10.7. The van der Waals surface area contributed by atoms with Crippen LogP contribution in [0.2, 0.25) is 0 Å². The average Bonchev–Trinajstić information content (AvgIpc) is 1.94. The molecule has 0 aliphatic rings. The summed E-state index contributed by atoms with van der Waals surface area (Å²) in [6.07, 6.45) is 1.18. The zero-order chi connectivity index (χ0) is 8.43. The highest BCUT2D eigenvalue weighted by Crippen LogP contribution is 2.04. The van der Waals surface area contributed by atoms with Crippen molar-refractivity contribution in [1.82, 2.24) is 4.57 Å². The number of hydrogen-bond donors (Lipinski definition) is 0. The monoisotopic (exact) mass is 154 g/mol. The van der Waals surface area contributed by atoms with Crippen molar-refractivity contribution in [1.29, 1.82) is 0 Å². The van der Waals surface area contributed by atoms with Gasteiger partial charge in [-0.1, -0.05) is 0 Å². The smallest absolute Gasteiger partial charge is 0.285 e. The van der Waals surface area contributed by atoms with E-state index in [0.29, 0.717) is 0 Å². The van der Waals surface area contributed by atoms with Gasteiger partial charge in [-0.05, 0) is 0 Å². The number of aromatic nitrogens is 1. The van der Waals surface area contributed by atoms with E-state index in [1.165, 1.54) is 19.3 Å². The zero-order valence-electron chi connectivity index (χ0n) is 5.85. The number of rotatable bonds is 1. The summed E-state index contributed by atoms with van der Waals surface area (Å²) in [5.41, 5.74) is -0.331. The van der Waals surface area contributed by atoms with Crippen molar-refractivity contribution in [2.45, 2.75) is 0 Å². The molecule has 0 spiro atoms. The van der Waals surface area contributed by atoms with Crippen LogP contribution in [-0.2, 0) is 7.05 Å². The summed E-state index contributed by atoms with van der Waals surface area (Å²) >= 11 is 0. The molecule has 1 aromatic rings. The van der Waals surface area contributed by atoms with Crippen molar-refractivity contribution >= 4 is 5.69 Å². The van der Waals surface area contributed by atoms with Gasteiger partial charge in [-0.15, -0.1) is 0 Å². The zero-order valence-corrected chi connectivity index (χ0v) is 5.85. The Morgan fingerprint density at radius 3 is 2.64 bits per heavy atom. The van der Waals surface area contributed by atoms with E-state index in [1.54, 1.807) is 0 Å². The highest BCUT2D eigenvalue weighted by atomic mass is 16.6. The first-order chi connectivity index (χ1) is 5.11. The van der Waals surface area contributed by atoms with E-state index in [4.69, 9.17) is 0 Å². The average molecular weight is 154 g/mol. The summed E-state index contributed by atoms with van der Waals surface area (Å²) in [7, 11) is 1.47. The van der Waals surface area contributed by atoms with Crippen LogP contribution in [0.1, 0.15) is 0 Å². The molecule has 0 aliphatic carbocycles. The molecular formula is C6H6N2O3. The number of nitrogens with zero attached hydrogens (tertiary/aromatic N) is 2. The van der Waals surface area contributed by atoms with Gasteiger partial charge in [0.05, 0.1) is 11.1 Å². The molecule has 5 nitrogen and oxygen atoms in total. The van der Waals surface area contributed by atoms with Crippen LogP contribution in [-0.4, -0.2) is 9.49 Å². The summed E-state index contributed by atoms with van der Waals surface area (Å²) < 4.78 is 1.16. The lowest BCUT2D eigenvalue weighted by Crippen LogP contribution is -2.14. The van der Waals surface area contributed by atoms with E-state index in [2.05, 4.69) is 0 Å². The summed E-state index contributed by atoms with van der Waals surface area (Å²) in [5.74, 6) is 0. The quantitative estimate of drug-likeness (QED) is 0.431. The minimum Gasteiger partial charge on any atom is -0.312 e. The molecule has 0 unspecified atom stereocenters. The standard InChI is InChI=1S/C6H6N2O3/c1-7-4-5(8(10)11)2-3-6(7)9/h2-4H,1H3. The number of nitro groups is 1. The molecule has 1 heterocycles. The summed E-state index contributed by atoms with van der Waals surface area (Å²) in [6.45, 7) is 0. The van der Waals surface area contributed by atoms with Gasteiger partial charge < -0.3 is 4.57 Å². The molecule has 1 aromatic heterocycles. The normalized spacial score (nSPS) is 9.55. The molecule has 0 saturated carbocycles. The predicted molar refractivity (Wildman–Crippen MR) is 38.3 cm³/mol. The van der Waals surface area contributed by atoms with Crippen LogP contribution in [0.4, 0.5) is 5.69 Å². The molecule has 0 radical (unpaired) electrons. The van der Waals surface area contributed by atoms with E-state index < -0.39 is 4.92 Å². The predicted octanol–water partition coefficient (Wildman–Crippen LogP) is 0.293. The second kappa shape index (κ2) is 2.53. The van der Waals surface area contributed by atoms with E-state index in [9.17, 15) is 14.9 Å². The van der Waals surface area contributed by atoms with Crippen LogP contribution in [0.3, 0.4) is 0 Å². The Labute approximate surface area is 62.0 Å². The van der Waals surface area contributed by atoms with Crippen molar-refractivity contribution in [3.63, 3.8) is 0 Å². The Balaban J connectivity index is 3.26. The fraction of sp³-hybridized carbons (Fsp3) is 0.167. The van der Waals surface area contributed by atoms with Gasteiger partial charge in [0, 0.05) is 19.2 Å². The maximum atomic E-state index is 10.7. The minimum atomic E-state index is -0.542. The van der Waals surface area contributed by atoms with Gasteiger partial charge in [-0.3, -0.25) is 14.9 Å². The number of aryl methyl sites for hydroxylation is 1. The molecule has 0 N–H and O–H groups in total. The second-order valence-corrected chi connectivity index (χ2v) is 2.09. The SMILES string of the molecule is Cn1cc([N+](=O)[O-])ccc1=O. The van der Waals surface area contributed by atoms with Crippen LogP contribution in [0.15, 0.2) is 23.1 Å². The molecule has 0 amide bonds. The van der Waals surface area contributed by atoms with Gasteiger partial charge in [-0.25, -0.2) is 0 Å². The number of pyridine rings is 1. The highest BCUT2D eigenvalue weighted by molar-refractivity contribution is 5.24. The van der Waals surface area contributed by atoms with Crippen molar-refractivity contribution in [3.05, 3.63) is 38.8 Å². The van der Waals surface area contributed by atoms with E-state index >= 15 is 0 Å². The lowest BCUT2D eigenvalue weighted by Gasteiger charge is -1.93. The first-order valence-electron chi connectivity index (χ1n) is 2.92. The van der Waals surface area contributed by atoms with Crippen molar-refractivity contribution < 1.29 is 4.92 Å². The fourth-order valence-corrected chi connectivity index (χ4v) is 0.687. The van der Waals surface area contributed by atoms with Gasteiger partial charge in [0.1, 0.15) is 0 Å². The van der Waals surface area contributed by atoms with Crippen LogP contribution in [0.25, 0.3) is 0 Å². The molecule has 0 aliphatic heterocycles. The lowest BCUT2D eigenvalue weighted by atomic mass is 10.4. The molecule has 0 fully saturated rings. The van der Waals surface area contributed by atoms with Crippen molar-refractivity contribution in [3.8, 4) is 0 Å². The van der Waals surface area contributed by atoms with Crippen molar-refractivity contribution in [2.24, 2.45) is 7.05 Å². The third-order valence-corrected chi connectivity index (χ3v) is 1.28. The minimum absolute atomic E-state index is 0.0768. The molecule has 0 saturated heterocycles. The van der Waals surface area contributed by atoms with Gasteiger partial charge in [0.25, 0.3) is 11.2 Å². The Hall–Kier alpha value is -1.65. The van der Waals surface area contributed by atoms with Crippen LogP contribution < -0.4 is 5.56 Å². The van der Waals surface area contributed by atoms with E-state index in [-0.39, 0.29) is 11.2 Å². The third kappa shape index (κ3) is 1.43. The number of hydrogen-bond acceptors (Lipinski definition) is 3. The summed E-state index contributed by atoms with van der Waals surface area (Å²) in [6, 6.07) is 2.35. The van der Waals surface area contributed by atoms with Crippen LogP contribution in [0.5, 0.6) is 0 Å². The Morgan fingerprint density at radius 1 is 1.55 bits per heavy atom. The Morgan fingerprint density at radius 2 is 2.18 bits per heavy atom. The van der Waals surface area contributed by atoms with Gasteiger partial charge in [-0.2, -0.15) is 0 Å². The summed E-state index contributed by atoms with van der Waals surface area (Å²) in [5, 5.41) is 10.2. The van der Waals surface area contributed by atoms with Crippen LogP contribution in [0, 0.1) is 10.1 Å². The second-order valence-electron chi connectivity index (χ2n) is 2.09. The molecule has 0 bridgehead atoms.